The Morgan fingerprint density at radius 1 is 1.12 bits per heavy atom. The van der Waals surface area contributed by atoms with Gasteiger partial charge in [-0.25, -0.2) is 8.42 Å². The van der Waals surface area contributed by atoms with Crippen LogP contribution in [0, 0.1) is 5.92 Å². The molecule has 1 aliphatic heterocycles. The average molecular weight is 380 g/mol. The summed E-state index contributed by atoms with van der Waals surface area (Å²) < 4.78 is 27.4. The summed E-state index contributed by atoms with van der Waals surface area (Å²) in [5, 5.41) is 3.04. The van der Waals surface area contributed by atoms with Crippen LogP contribution in [-0.2, 0) is 10.0 Å². The fourth-order valence-electron chi connectivity index (χ4n) is 3.99. The molecular weight excluding hydrogens is 350 g/mol. The van der Waals surface area contributed by atoms with Gasteiger partial charge in [-0.15, -0.1) is 0 Å². The molecule has 0 spiro atoms. The van der Waals surface area contributed by atoms with Gasteiger partial charge in [0, 0.05) is 24.7 Å². The summed E-state index contributed by atoms with van der Waals surface area (Å²) in [6.45, 7) is 1.67. The zero-order valence-electron chi connectivity index (χ0n) is 15.2. The van der Waals surface area contributed by atoms with Gasteiger partial charge in [0.2, 0.25) is 10.0 Å². The van der Waals surface area contributed by atoms with E-state index in [1.165, 1.54) is 6.07 Å². The van der Waals surface area contributed by atoms with Crippen molar-refractivity contribution in [1.29, 1.82) is 0 Å². The largest absolute Gasteiger partial charge is 0.349 e. The lowest BCUT2D eigenvalue weighted by Gasteiger charge is -2.21. The molecule has 0 bridgehead atoms. The monoisotopic (exact) mass is 379 g/mol. The molecule has 0 radical (unpaired) electrons. The van der Waals surface area contributed by atoms with E-state index in [4.69, 9.17) is 5.73 Å². The van der Waals surface area contributed by atoms with Crippen molar-refractivity contribution in [3.05, 3.63) is 29.8 Å². The van der Waals surface area contributed by atoms with Crippen LogP contribution in [0.1, 0.15) is 55.3 Å². The van der Waals surface area contributed by atoms with Gasteiger partial charge in [0.25, 0.3) is 5.91 Å². The van der Waals surface area contributed by atoms with E-state index in [-0.39, 0.29) is 16.8 Å². The molecule has 1 aliphatic carbocycles. The molecule has 26 heavy (non-hydrogen) atoms. The molecule has 1 aromatic carbocycles. The minimum Gasteiger partial charge on any atom is -0.349 e. The molecule has 1 saturated carbocycles. The average Bonchev–Trinajstić information content (AvgIpc) is 2.91. The summed E-state index contributed by atoms with van der Waals surface area (Å²) in [6.07, 6.45) is 6.94. The smallest absolute Gasteiger partial charge is 0.251 e. The zero-order chi connectivity index (χ0) is 18.6. The van der Waals surface area contributed by atoms with Crippen LogP contribution in [-0.4, -0.2) is 44.3 Å². The highest BCUT2D eigenvalue weighted by Gasteiger charge is 2.29. The van der Waals surface area contributed by atoms with Crippen LogP contribution >= 0.6 is 0 Å². The predicted molar refractivity (Wildman–Crippen MR) is 101 cm³/mol. The van der Waals surface area contributed by atoms with Crippen molar-refractivity contribution < 1.29 is 13.2 Å². The van der Waals surface area contributed by atoms with Crippen molar-refractivity contribution in [2.75, 3.05) is 19.6 Å². The number of nitrogens with zero attached hydrogens (tertiary/aromatic N) is 1. The molecule has 1 heterocycles. The number of amides is 1. The first kappa shape index (κ1) is 19.3. The van der Waals surface area contributed by atoms with Crippen LogP contribution in [0.5, 0.6) is 0 Å². The molecule has 3 N–H and O–H groups in total. The van der Waals surface area contributed by atoms with Gasteiger partial charge in [-0.3, -0.25) is 4.79 Å². The molecule has 2 aliphatic rings. The highest BCUT2D eigenvalue weighted by atomic mass is 32.2. The molecule has 7 heteroatoms. The molecule has 2 atom stereocenters. The third-order valence-corrected chi connectivity index (χ3v) is 7.47. The van der Waals surface area contributed by atoms with E-state index in [0.29, 0.717) is 31.1 Å². The number of rotatable bonds is 5. The Balaban J connectivity index is 1.75. The van der Waals surface area contributed by atoms with Crippen LogP contribution in [0.15, 0.2) is 29.2 Å². The SMILES string of the molecule is NCC1CCCC1NC(=O)c1cccc(S(=O)(=O)N2CCCCCC2)c1. The van der Waals surface area contributed by atoms with Gasteiger partial charge in [-0.05, 0) is 56.3 Å². The van der Waals surface area contributed by atoms with E-state index < -0.39 is 10.0 Å². The fraction of sp³-hybridized carbons (Fsp3) is 0.632. The third-order valence-electron chi connectivity index (χ3n) is 5.58. The Morgan fingerprint density at radius 3 is 2.54 bits per heavy atom. The number of hydrogen-bond donors (Lipinski definition) is 2. The summed E-state index contributed by atoms with van der Waals surface area (Å²) in [5.41, 5.74) is 6.17. The van der Waals surface area contributed by atoms with E-state index in [9.17, 15) is 13.2 Å². The van der Waals surface area contributed by atoms with Gasteiger partial charge in [0.15, 0.2) is 0 Å². The second-order valence-corrected chi connectivity index (χ2v) is 9.29. The first-order valence-electron chi connectivity index (χ1n) is 9.63. The number of nitrogens with one attached hydrogen (secondary N) is 1. The standard InChI is InChI=1S/C19H29N3O3S/c20-14-16-8-6-10-18(16)21-19(23)15-7-5-9-17(13-15)26(24,25)22-11-3-1-2-4-12-22/h5,7,9,13,16,18H,1-4,6,8,10-12,14,20H2,(H,21,23). The summed E-state index contributed by atoms with van der Waals surface area (Å²) in [5.74, 6) is 0.0891. The van der Waals surface area contributed by atoms with Gasteiger partial charge in [0.1, 0.15) is 0 Å². The van der Waals surface area contributed by atoms with Crippen molar-refractivity contribution in [1.82, 2.24) is 9.62 Å². The number of carbonyl (C=O) groups is 1. The second-order valence-electron chi connectivity index (χ2n) is 7.35. The lowest BCUT2D eigenvalue weighted by atomic mass is 10.0. The van der Waals surface area contributed by atoms with E-state index in [1.807, 2.05) is 0 Å². The maximum Gasteiger partial charge on any atom is 0.251 e. The summed E-state index contributed by atoms with van der Waals surface area (Å²) in [6, 6.07) is 6.48. The quantitative estimate of drug-likeness (QED) is 0.819. The highest BCUT2D eigenvalue weighted by Crippen LogP contribution is 2.25. The van der Waals surface area contributed by atoms with Gasteiger partial charge < -0.3 is 11.1 Å². The van der Waals surface area contributed by atoms with E-state index in [0.717, 1.165) is 44.9 Å². The molecule has 1 saturated heterocycles. The molecule has 3 rings (SSSR count). The normalized spacial score (nSPS) is 25.0. The molecule has 2 unspecified atom stereocenters. The number of sulfonamides is 1. The maximum absolute atomic E-state index is 12.9. The number of benzene rings is 1. The third kappa shape index (κ3) is 4.27. The molecule has 0 aromatic heterocycles. The Labute approximate surface area is 156 Å². The first-order chi connectivity index (χ1) is 12.5. The first-order valence-corrected chi connectivity index (χ1v) is 11.1. The number of nitrogens with two attached hydrogens (primary N) is 1. The molecule has 6 nitrogen and oxygen atoms in total. The van der Waals surface area contributed by atoms with E-state index in [2.05, 4.69) is 5.32 Å². The van der Waals surface area contributed by atoms with Crippen molar-refractivity contribution in [3.8, 4) is 0 Å². The van der Waals surface area contributed by atoms with Gasteiger partial charge >= 0.3 is 0 Å². The van der Waals surface area contributed by atoms with Crippen LogP contribution in [0.25, 0.3) is 0 Å². The van der Waals surface area contributed by atoms with Gasteiger partial charge in [-0.2, -0.15) is 4.31 Å². The molecule has 1 aromatic rings. The van der Waals surface area contributed by atoms with Crippen molar-refractivity contribution in [3.63, 3.8) is 0 Å². The van der Waals surface area contributed by atoms with Gasteiger partial charge in [-0.1, -0.05) is 25.3 Å². The lowest BCUT2D eigenvalue weighted by Crippen LogP contribution is -2.40. The van der Waals surface area contributed by atoms with Crippen LogP contribution in [0.2, 0.25) is 0 Å². The Hall–Kier alpha value is -1.44. The van der Waals surface area contributed by atoms with E-state index >= 15 is 0 Å². The molecule has 144 valence electrons. The summed E-state index contributed by atoms with van der Waals surface area (Å²) in [4.78, 5) is 12.8. The lowest BCUT2D eigenvalue weighted by molar-refractivity contribution is 0.0928. The zero-order valence-corrected chi connectivity index (χ0v) is 16.0. The van der Waals surface area contributed by atoms with Crippen LogP contribution in [0.3, 0.4) is 0 Å². The molecule has 2 fully saturated rings. The number of hydrogen-bond acceptors (Lipinski definition) is 4. The topological polar surface area (TPSA) is 92.5 Å². The second kappa shape index (κ2) is 8.50. The maximum atomic E-state index is 12.9. The van der Waals surface area contributed by atoms with Crippen LogP contribution in [0.4, 0.5) is 0 Å². The van der Waals surface area contributed by atoms with Crippen LogP contribution < -0.4 is 11.1 Å². The Morgan fingerprint density at radius 2 is 1.85 bits per heavy atom. The Kier molecular flexibility index (Phi) is 6.32. The summed E-state index contributed by atoms with van der Waals surface area (Å²) in [7, 11) is -3.55. The van der Waals surface area contributed by atoms with E-state index in [1.54, 1.807) is 22.5 Å². The predicted octanol–water partition coefficient (Wildman–Crippen LogP) is 2.11. The van der Waals surface area contributed by atoms with Crippen molar-refractivity contribution >= 4 is 15.9 Å². The molecule has 1 amide bonds. The minimum atomic E-state index is -3.55. The molecular formula is C19H29N3O3S. The van der Waals surface area contributed by atoms with Crippen molar-refractivity contribution in [2.45, 2.75) is 55.9 Å². The minimum absolute atomic E-state index is 0.0818. The van der Waals surface area contributed by atoms with Gasteiger partial charge in [0.05, 0.1) is 4.90 Å². The summed E-state index contributed by atoms with van der Waals surface area (Å²) >= 11 is 0. The fourth-order valence-corrected chi connectivity index (χ4v) is 5.55. The highest BCUT2D eigenvalue weighted by molar-refractivity contribution is 7.89. The number of carbonyl (C=O) groups excluding carboxylic acids is 1. The van der Waals surface area contributed by atoms with Crippen molar-refractivity contribution in [2.24, 2.45) is 11.7 Å². The Bertz CT molecular complexity index is 727.